The van der Waals surface area contributed by atoms with Crippen molar-refractivity contribution in [3.05, 3.63) is 78.2 Å². The molecule has 0 N–H and O–H groups in total. The van der Waals surface area contributed by atoms with E-state index in [2.05, 4.69) is 34.3 Å². The lowest BCUT2D eigenvalue weighted by molar-refractivity contribution is 0.122. The molecule has 0 aliphatic carbocycles. The minimum Gasteiger partial charge on any atom is -0.378 e. The van der Waals surface area contributed by atoms with Crippen LogP contribution in [0.15, 0.2) is 71.8 Å². The lowest BCUT2D eigenvalue weighted by Gasteiger charge is -2.29. The normalized spacial score (nSPS) is 14.7. The molecule has 5 rings (SSSR count). The van der Waals surface area contributed by atoms with Crippen molar-refractivity contribution in [2.75, 3.05) is 37.5 Å². The lowest BCUT2D eigenvalue weighted by Crippen LogP contribution is -2.36. The minimum atomic E-state index is -3.23. The molecule has 0 amide bonds. The molecule has 0 atom stereocenters. The van der Waals surface area contributed by atoms with Gasteiger partial charge in [0.25, 0.3) is 0 Å². The second-order valence-electron chi connectivity index (χ2n) is 7.96. The number of sulfone groups is 1. The Hall–Kier alpha value is -3.23. The van der Waals surface area contributed by atoms with Gasteiger partial charge in [-0.1, -0.05) is 24.3 Å². The zero-order valence-electron chi connectivity index (χ0n) is 17.8. The first-order valence-electron chi connectivity index (χ1n) is 10.5. The fourth-order valence-electron chi connectivity index (χ4n) is 4.00. The van der Waals surface area contributed by atoms with Crippen LogP contribution in [-0.4, -0.2) is 55.6 Å². The van der Waals surface area contributed by atoms with Crippen molar-refractivity contribution in [3.8, 4) is 11.1 Å². The Kier molecular flexibility index (Phi) is 5.40. The van der Waals surface area contributed by atoms with Crippen molar-refractivity contribution in [3.63, 3.8) is 0 Å². The first-order valence-corrected chi connectivity index (χ1v) is 12.4. The summed E-state index contributed by atoms with van der Waals surface area (Å²) in [7, 11) is -3.23. The van der Waals surface area contributed by atoms with Crippen LogP contribution < -0.4 is 4.90 Å². The van der Waals surface area contributed by atoms with Gasteiger partial charge in [-0.25, -0.2) is 17.9 Å². The molecular formula is C24H24N4O3S. The molecular weight excluding hydrogens is 424 g/mol. The van der Waals surface area contributed by atoms with E-state index in [1.54, 1.807) is 16.6 Å². The van der Waals surface area contributed by atoms with Crippen LogP contribution in [0, 0.1) is 0 Å². The van der Waals surface area contributed by atoms with Gasteiger partial charge >= 0.3 is 0 Å². The number of rotatable bonds is 5. The molecule has 4 aromatic rings. The highest BCUT2D eigenvalue weighted by molar-refractivity contribution is 7.90. The fraction of sp³-hybridized carbons (Fsp3) is 0.250. The van der Waals surface area contributed by atoms with Crippen LogP contribution in [0.1, 0.15) is 11.4 Å². The molecule has 0 bridgehead atoms. The van der Waals surface area contributed by atoms with Gasteiger partial charge in [0.05, 0.1) is 18.1 Å². The Morgan fingerprint density at radius 1 is 1.00 bits per heavy atom. The van der Waals surface area contributed by atoms with E-state index in [1.807, 2.05) is 30.5 Å². The maximum absolute atomic E-state index is 11.8. The Morgan fingerprint density at radius 2 is 1.78 bits per heavy atom. The monoisotopic (exact) mass is 448 g/mol. The predicted octanol–water partition coefficient (Wildman–Crippen LogP) is 3.23. The average Bonchev–Trinajstić information content (AvgIpc) is 3.22. The number of hydrogen-bond donors (Lipinski definition) is 0. The number of pyridine rings is 1. The number of ether oxygens (including phenoxy) is 1. The maximum Gasteiger partial charge on any atom is 0.175 e. The number of benzene rings is 2. The van der Waals surface area contributed by atoms with Gasteiger partial charge in [-0.3, -0.25) is 0 Å². The molecule has 0 unspecified atom stereocenters. The van der Waals surface area contributed by atoms with Crippen LogP contribution in [0.4, 0.5) is 5.69 Å². The zero-order valence-corrected chi connectivity index (χ0v) is 18.6. The van der Waals surface area contributed by atoms with Gasteiger partial charge in [0, 0.05) is 43.2 Å². The van der Waals surface area contributed by atoms with Crippen molar-refractivity contribution in [1.82, 2.24) is 14.6 Å². The van der Waals surface area contributed by atoms with Gasteiger partial charge in [-0.2, -0.15) is 5.10 Å². The van der Waals surface area contributed by atoms with Gasteiger partial charge in [0.15, 0.2) is 21.3 Å². The van der Waals surface area contributed by atoms with Gasteiger partial charge in [-0.15, -0.1) is 0 Å². The molecule has 1 fully saturated rings. The summed E-state index contributed by atoms with van der Waals surface area (Å²) in [6.07, 6.45) is 3.72. The smallest absolute Gasteiger partial charge is 0.175 e. The standard InChI is InChI=1S/C24H24N4O3S/c1-32(29,30)21-9-7-19(8-10-21)22-6-3-11-28-24(22)25-23(26-28)17-18-4-2-5-20(16-18)27-12-14-31-15-13-27/h2-11,16H,12-15,17H2,1H3. The summed E-state index contributed by atoms with van der Waals surface area (Å²) < 4.78 is 30.8. The molecule has 8 heteroatoms. The summed E-state index contributed by atoms with van der Waals surface area (Å²) >= 11 is 0. The predicted molar refractivity (Wildman–Crippen MR) is 124 cm³/mol. The van der Waals surface area contributed by atoms with Gasteiger partial charge in [-0.05, 0) is 47.5 Å². The minimum absolute atomic E-state index is 0.301. The molecule has 0 spiro atoms. The second-order valence-corrected chi connectivity index (χ2v) is 9.98. The Labute approximate surface area is 187 Å². The van der Waals surface area contributed by atoms with E-state index in [-0.39, 0.29) is 0 Å². The maximum atomic E-state index is 11.8. The van der Waals surface area contributed by atoms with Crippen molar-refractivity contribution in [1.29, 1.82) is 0 Å². The summed E-state index contributed by atoms with van der Waals surface area (Å²) in [5, 5.41) is 4.67. The third kappa shape index (κ3) is 4.24. The van der Waals surface area contributed by atoms with Crippen LogP contribution in [0.2, 0.25) is 0 Å². The Bertz CT molecular complexity index is 1360. The molecule has 2 aromatic carbocycles. The van der Waals surface area contributed by atoms with Gasteiger partial charge < -0.3 is 9.64 Å². The molecule has 7 nitrogen and oxygen atoms in total. The molecule has 1 aliphatic rings. The van der Waals surface area contributed by atoms with E-state index in [0.29, 0.717) is 11.3 Å². The van der Waals surface area contributed by atoms with E-state index in [9.17, 15) is 8.42 Å². The van der Waals surface area contributed by atoms with Crippen LogP contribution in [-0.2, 0) is 21.0 Å². The SMILES string of the molecule is CS(=O)(=O)c1ccc(-c2cccn3nc(Cc4cccc(N5CCOCC5)c4)nc23)cc1. The quantitative estimate of drug-likeness (QED) is 0.467. The number of nitrogens with zero attached hydrogens (tertiary/aromatic N) is 4. The van der Waals surface area contributed by atoms with E-state index < -0.39 is 9.84 Å². The number of morpholine rings is 1. The largest absolute Gasteiger partial charge is 0.378 e. The number of hydrogen-bond acceptors (Lipinski definition) is 6. The molecule has 164 valence electrons. The molecule has 3 heterocycles. The van der Waals surface area contributed by atoms with Crippen molar-refractivity contribution in [2.24, 2.45) is 0 Å². The summed E-state index contributed by atoms with van der Waals surface area (Å²) in [5.74, 6) is 0.740. The second kappa shape index (κ2) is 8.37. The highest BCUT2D eigenvalue weighted by Crippen LogP contribution is 2.26. The summed E-state index contributed by atoms with van der Waals surface area (Å²) in [4.78, 5) is 7.43. The highest BCUT2D eigenvalue weighted by Gasteiger charge is 2.14. The molecule has 2 aromatic heterocycles. The van der Waals surface area contributed by atoms with Crippen molar-refractivity contribution >= 4 is 21.2 Å². The Balaban J connectivity index is 1.43. The topological polar surface area (TPSA) is 76.8 Å². The van der Waals surface area contributed by atoms with E-state index in [0.717, 1.165) is 54.5 Å². The van der Waals surface area contributed by atoms with Crippen LogP contribution >= 0.6 is 0 Å². The number of fused-ring (bicyclic) bond motifs is 1. The molecule has 0 radical (unpaired) electrons. The molecule has 0 saturated carbocycles. The van der Waals surface area contributed by atoms with E-state index in [4.69, 9.17) is 9.72 Å². The van der Waals surface area contributed by atoms with Crippen LogP contribution in [0.5, 0.6) is 0 Å². The van der Waals surface area contributed by atoms with Crippen molar-refractivity contribution < 1.29 is 13.2 Å². The van der Waals surface area contributed by atoms with Gasteiger partial charge in [0.2, 0.25) is 0 Å². The number of anilines is 1. The molecule has 1 aliphatic heterocycles. The van der Waals surface area contributed by atoms with Crippen molar-refractivity contribution in [2.45, 2.75) is 11.3 Å². The summed E-state index contributed by atoms with van der Waals surface area (Å²) in [6, 6.07) is 19.3. The third-order valence-corrected chi connectivity index (χ3v) is 6.78. The molecule has 1 saturated heterocycles. The number of aromatic nitrogens is 3. The van der Waals surface area contributed by atoms with E-state index >= 15 is 0 Å². The highest BCUT2D eigenvalue weighted by atomic mass is 32.2. The van der Waals surface area contributed by atoms with Crippen LogP contribution in [0.3, 0.4) is 0 Å². The van der Waals surface area contributed by atoms with E-state index in [1.165, 1.54) is 11.9 Å². The Morgan fingerprint density at radius 3 is 2.53 bits per heavy atom. The first kappa shape index (κ1) is 20.7. The average molecular weight is 449 g/mol. The fourth-order valence-corrected chi connectivity index (χ4v) is 4.63. The van der Waals surface area contributed by atoms with Gasteiger partial charge in [0.1, 0.15) is 0 Å². The summed E-state index contributed by atoms with van der Waals surface area (Å²) in [6.45, 7) is 3.31. The summed E-state index contributed by atoms with van der Waals surface area (Å²) in [5.41, 5.74) is 4.91. The zero-order chi connectivity index (χ0) is 22.1. The van der Waals surface area contributed by atoms with Crippen LogP contribution in [0.25, 0.3) is 16.8 Å². The lowest BCUT2D eigenvalue weighted by atomic mass is 10.1. The first-order chi connectivity index (χ1) is 15.5. The third-order valence-electron chi connectivity index (χ3n) is 5.65. The molecule has 32 heavy (non-hydrogen) atoms.